The summed E-state index contributed by atoms with van der Waals surface area (Å²) in [6.45, 7) is 6.63. The van der Waals surface area contributed by atoms with Crippen molar-refractivity contribution in [3.8, 4) is 0 Å². The topological polar surface area (TPSA) is 67.4 Å². The summed E-state index contributed by atoms with van der Waals surface area (Å²) in [5, 5.41) is 6.22. The molecule has 0 aliphatic rings. The number of hydrogen-bond donors (Lipinski definition) is 2. The number of carbonyl (C=O) groups excluding carboxylic acids is 2. The molecule has 6 heteroatoms. The van der Waals surface area contributed by atoms with Crippen molar-refractivity contribution in [2.45, 2.75) is 20.8 Å². The van der Waals surface area contributed by atoms with Crippen molar-refractivity contribution in [1.29, 1.82) is 0 Å². The number of esters is 1. The maximum Gasteiger partial charge on any atom is 0.341 e. The van der Waals surface area contributed by atoms with Crippen molar-refractivity contribution in [2.24, 2.45) is 0 Å². The number of rotatable bonds is 5. The average Bonchev–Trinajstić information content (AvgIpc) is 2.61. The fraction of sp³-hybridized carbons (Fsp3) is 0.500. The molecule has 0 aliphatic carbocycles. The zero-order chi connectivity index (χ0) is 13.7. The molecule has 0 radical (unpaired) electrons. The number of methoxy groups -OCH3 is 1. The molecule has 1 rings (SSSR count). The highest BCUT2D eigenvalue weighted by Crippen LogP contribution is 2.32. The largest absolute Gasteiger partial charge is 0.465 e. The molecule has 100 valence electrons. The maximum absolute atomic E-state index is 11.7. The molecule has 0 bridgehead atoms. The lowest BCUT2D eigenvalue weighted by atomic mass is 10.1. The van der Waals surface area contributed by atoms with E-state index in [9.17, 15) is 9.59 Å². The molecule has 0 saturated heterocycles. The molecule has 0 saturated carbocycles. The van der Waals surface area contributed by atoms with Crippen LogP contribution in [-0.2, 0) is 9.53 Å². The van der Waals surface area contributed by atoms with Crippen LogP contribution in [0.15, 0.2) is 0 Å². The first-order valence-corrected chi connectivity index (χ1v) is 6.51. The molecule has 0 spiro atoms. The molecule has 0 aromatic carbocycles. The van der Waals surface area contributed by atoms with Gasteiger partial charge in [0.05, 0.1) is 19.2 Å². The quantitative estimate of drug-likeness (QED) is 0.799. The van der Waals surface area contributed by atoms with Crippen molar-refractivity contribution in [3.63, 3.8) is 0 Å². The summed E-state index contributed by atoms with van der Waals surface area (Å²) in [7, 11) is 1.33. The summed E-state index contributed by atoms with van der Waals surface area (Å²) in [5.41, 5.74) is 1.30. The Balaban J connectivity index is 2.91. The van der Waals surface area contributed by atoms with Crippen molar-refractivity contribution < 1.29 is 14.3 Å². The van der Waals surface area contributed by atoms with E-state index >= 15 is 0 Å². The predicted octanol–water partition coefficient (Wildman–Crippen LogP) is 1.70. The van der Waals surface area contributed by atoms with Gasteiger partial charge in [0.25, 0.3) is 0 Å². The number of hydrogen-bond acceptors (Lipinski definition) is 5. The van der Waals surface area contributed by atoms with Crippen LogP contribution in [0.4, 0.5) is 5.00 Å². The molecule has 1 aromatic rings. The van der Waals surface area contributed by atoms with E-state index in [0.717, 1.165) is 17.0 Å². The van der Waals surface area contributed by atoms with E-state index in [1.54, 1.807) is 0 Å². The second kappa shape index (κ2) is 6.51. The molecule has 2 N–H and O–H groups in total. The third-order valence-electron chi connectivity index (χ3n) is 2.56. The Bertz CT molecular complexity index is 454. The lowest BCUT2D eigenvalue weighted by Gasteiger charge is -2.06. The van der Waals surface area contributed by atoms with E-state index in [1.165, 1.54) is 18.4 Å². The fourth-order valence-electron chi connectivity index (χ4n) is 1.47. The smallest absolute Gasteiger partial charge is 0.341 e. The number of thiophene rings is 1. The molecule has 0 fully saturated rings. The Kier molecular flexibility index (Phi) is 5.30. The van der Waals surface area contributed by atoms with Crippen molar-refractivity contribution in [2.75, 3.05) is 25.5 Å². The van der Waals surface area contributed by atoms with Crippen LogP contribution in [0.2, 0.25) is 0 Å². The molecule has 1 amide bonds. The van der Waals surface area contributed by atoms with E-state index in [1.807, 2.05) is 20.8 Å². The van der Waals surface area contributed by atoms with Gasteiger partial charge in [-0.15, -0.1) is 11.3 Å². The molecular weight excluding hydrogens is 252 g/mol. The second-order valence-corrected chi connectivity index (χ2v) is 5.03. The Labute approximate surface area is 111 Å². The number of ether oxygens (including phenoxy) is 1. The van der Waals surface area contributed by atoms with Crippen LogP contribution in [0.25, 0.3) is 0 Å². The van der Waals surface area contributed by atoms with Gasteiger partial charge in [0, 0.05) is 4.88 Å². The Hall–Kier alpha value is -1.40. The van der Waals surface area contributed by atoms with Crippen LogP contribution < -0.4 is 10.6 Å². The lowest BCUT2D eigenvalue weighted by Crippen LogP contribution is -2.28. The summed E-state index contributed by atoms with van der Waals surface area (Å²) in [6, 6.07) is 0. The van der Waals surface area contributed by atoms with Crippen molar-refractivity contribution in [1.82, 2.24) is 5.32 Å². The molecular formula is C12H18N2O3S. The Morgan fingerprint density at radius 3 is 2.56 bits per heavy atom. The number of carbonyl (C=O) groups is 2. The highest BCUT2D eigenvalue weighted by Gasteiger charge is 2.21. The maximum atomic E-state index is 11.7. The van der Waals surface area contributed by atoms with Gasteiger partial charge in [0.1, 0.15) is 5.00 Å². The van der Waals surface area contributed by atoms with Gasteiger partial charge >= 0.3 is 5.97 Å². The van der Waals surface area contributed by atoms with E-state index < -0.39 is 5.97 Å². The molecule has 0 unspecified atom stereocenters. The highest BCUT2D eigenvalue weighted by molar-refractivity contribution is 7.16. The van der Waals surface area contributed by atoms with Crippen LogP contribution in [0.1, 0.15) is 27.7 Å². The normalized spacial score (nSPS) is 10.2. The number of amides is 1. The van der Waals surface area contributed by atoms with Gasteiger partial charge in [-0.3, -0.25) is 4.79 Å². The lowest BCUT2D eigenvalue weighted by molar-refractivity contribution is -0.115. The first kappa shape index (κ1) is 14.7. The van der Waals surface area contributed by atoms with E-state index in [-0.39, 0.29) is 12.5 Å². The van der Waals surface area contributed by atoms with Gasteiger partial charge < -0.3 is 15.4 Å². The van der Waals surface area contributed by atoms with Crippen LogP contribution >= 0.6 is 11.3 Å². The monoisotopic (exact) mass is 270 g/mol. The van der Waals surface area contributed by atoms with E-state index in [4.69, 9.17) is 4.74 Å². The highest BCUT2D eigenvalue weighted by atomic mass is 32.1. The number of likely N-dealkylation sites (N-methyl/N-ethyl adjacent to an activating group) is 1. The molecule has 5 nitrogen and oxygen atoms in total. The van der Waals surface area contributed by atoms with Crippen molar-refractivity contribution >= 4 is 28.2 Å². The minimum Gasteiger partial charge on any atom is -0.465 e. The van der Waals surface area contributed by atoms with Gasteiger partial charge in [0.2, 0.25) is 5.91 Å². The number of aryl methyl sites for hydroxylation is 1. The zero-order valence-corrected chi connectivity index (χ0v) is 11.9. The van der Waals surface area contributed by atoms with Crippen LogP contribution in [0.5, 0.6) is 0 Å². The first-order chi connectivity index (χ1) is 8.51. The molecule has 18 heavy (non-hydrogen) atoms. The summed E-state index contributed by atoms with van der Waals surface area (Å²) < 4.78 is 4.73. The van der Waals surface area contributed by atoms with Crippen molar-refractivity contribution in [3.05, 3.63) is 16.0 Å². The molecule has 0 atom stereocenters. The van der Waals surface area contributed by atoms with Gasteiger partial charge in [-0.25, -0.2) is 4.79 Å². The van der Waals surface area contributed by atoms with Crippen LogP contribution in [0.3, 0.4) is 0 Å². The van der Waals surface area contributed by atoms with Gasteiger partial charge in [-0.2, -0.15) is 0 Å². The van der Waals surface area contributed by atoms with E-state index in [2.05, 4.69) is 10.6 Å². The molecule has 1 heterocycles. The first-order valence-electron chi connectivity index (χ1n) is 5.70. The Morgan fingerprint density at radius 1 is 1.33 bits per heavy atom. The number of nitrogens with one attached hydrogen (secondary N) is 2. The summed E-state index contributed by atoms with van der Waals surface area (Å²) in [5.74, 6) is -0.584. The fourth-order valence-corrected chi connectivity index (χ4v) is 2.54. The minimum atomic E-state index is -0.421. The number of anilines is 1. The summed E-state index contributed by atoms with van der Waals surface area (Å²) >= 11 is 1.39. The SMILES string of the molecule is CCNCC(=O)Nc1sc(C)c(C)c1C(=O)OC. The molecule has 0 aliphatic heterocycles. The van der Waals surface area contributed by atoms with E-state index in [0.29, 0.717) is 10.6 Å². The van der Waals surface area contributed by atoms with Gasteiger partial charge in [0.15, 0.2) is 0 Å². The average molecular weight is 270 g/mol. The second-order valence-electron chi connectivity index (χ2n) is 3.81. The third-order valence-corrected chi connectivity index (χ3v) is 3.69. The summed E-state index contributed by atoms with van der Waals surface area (Å²) in [4.78, 5) is 24.3. The van der Waals surface area contributed by atoms with Crippen LogP contribution in [-0.4, -0.2) is 32.1 Å². The third kappa shape index (κ3) is 3.30. The van der Waals surface area contributed by atoms with Gasteiger partial charge in [-0.1, -0.05) is 6.92 Å². The summed E-state index contributed by atoms with van der Waals surface area (Å²) in [6.07, 6.45) is 0. The predicted molar refractivity (Wildman–Crippen MR) is 72.3 cm³/mol. The van der Waals surface area contributed by atoms with Gasteiger partial charge in [-0.05, 0) is 26.0 Å². The van der Waals surface area contributed by atoms with Crippen LogP contribution in [0, 0.1) is 13.8 Å². The molecule has 1 aromatic heterocycles. The Morgan fingerprint density at radius 2 is 2.00 bits per heavy atom. The standard InChI is InChI=1S/C12H18N2O3S/c1-5-13-6-9(15)14-11-10(12(16)17-4)7(2)8(3)18-11/h13H,5-6H2,1-4H3,(H,14,15). The zero-order valence-electron chi connectivity index (χ0n) is 11.0. The minimum absolute atomic E-state index is 0.164.